The lowest BCUT2D eigenvalue weighted by molar-refractivity contribution is -0.134. The molecule has 25 heavy (non-hydrogen) atoms. The predicted molar refractivity (Wildman–Crippen MR) is 95.1 cm³/mol. The van der Waals surface area contributed by atoms with Crippen molar-refractivity contribution in [3.63, 3.8) is 0 Å². The van der Waals surface area contributed by atoms with E-state index in [0.29, 0.717) is 32.0 Å². The van der Waals surface area contributed by atoms with E-state index in [4.69, 9.17) is 4.74 Å². The van der Waals surface area contributed by atoms with Crippen molar-refractivity contribution in [2.24, 2.45) is 11.8 Å². The molecule has 0 aromatic heterocycles. The molecular formula is C19H32N2O4. The van der Waals surface area contributed by atoms with E-state index in [0.717, 1.165) is 44.9 Å². The Kier molecular flexibility index (Phi) is 6.85. The van der Waals surface area contributed by atoms with Gasteiger partial charge in [0.1, 0.15) is 11.9 Å². The van der Waals surface area contributed by atoms with Crippen LogP contribution in [0.1, 0.15) is 59.3 Å². The monoisotopic (exact) mass is 352 g/mol. The Morgan fingerprint density at radius 1 is 1.08 bits per heavy atom. The molecule has 6 nitrogen and oxygen atoms in total. The Morgan fingerprint density at radius 2 is 1.76 bits per heavy atom. The highest BCUT2D eigenvalue weighted by atomic mass is 16.6. The first-order valence-electron chi connectivity index (χ1n) is 9.49. The number of piperidine rings is 2. The topological polar surface area (TPSA) is 66.9 Å². The van der Waals surface area contributed by atoms with Crippen molar-refractivity contribution in [3.05, 3.63) is 0 Å². The third kappa shape index (κ3) is 6.33. The smallest absolute Gasteiger partial charge is 0.410 e. The predicted octanol–water partition coefficient (Wildman–Crippen LogP) is 2.85. The Labute approximate surface area is 150 Å². The summed E-state index contributed by atoms with van der Waals surface area (Å²) in [6, 6.07) is 0. The molecule has 0 aliphatic carbocycles. The van der Waals surface area contributed by atoms with Gasteiger partial charge in [0, 0.05) is 38.5 Å². The third-order valence-corrected chi connectivity index (χ3v) is 5.04. The summed E-state index contributed by atoms with van der Waals surface area (Å²) in [7, 11) is 0. The molecule has 6 heteroatoms. The Bertz CT molecular complexity index is 478. The Hall–Kier alpha value is -1.59. The van der Waals surface area contributed by atoms with E-state index in [2.05, 4.69) is 0 Å². The van der Waals surface area contributed by atoms with Crippen molar-refractivity contribution >= 4 is 18.3 Å². The zero-order chi connectivity index (χ0) is 18.4. The van der Waals surface area contributed by atoms with Crippen LogP contribution >= 0.6 is 0 Å². The first-order valence-corrected chi connectivity index (χ1v) is 9.49. The molecule has 0 aromatic rings. The van der Waals surface area contributed by atoms with Crippen LogP contribution in [0, 0.1) is 11.8 Å². The molecule has 0 N–H and O–H groups in total. The van der Waals surface area contributed by atoms with Crippen molar-refractivity contribution in [3.8, 4) is 0 Å². The number of hydrogen-bond acceptors (Lipinski definition) is 4. The molecule has 1 atom stereocenters. The van der Waals surface area contributed by atoms with E-state index in [1.165, 1.54) is 0 Å². The number of likely N-dealkylation sites (tertiary alicyclic amines) is 2. The van der Waals surface area contributed by atoms with Gasteiger partial charge >= 0.3 is 6.09 Å². The van der Waals surface area contributed by atoms with Crippen LogP contribution < -0.4 is 0 Å². The second-order valence-corrected chi connectivity index (χ2v) is 8.33. The summed E-state index contributed by atoms with van der Waals surface area (Å²) < 4.78 is 5.41. The number of ether oxygens (including phenoxy) is 1. The molecule has 0 radical (unpaired) electrons. The lowest BCUT2D eigenvalue weighted by atomic mass is 9.91. The van der Waals surface area contributed by atoms with Gasteiger partial charge in [-0.3, -0.25) is 4.79 Å². The summed E-state index contributed by atoms with van der Waals surface area (Å²) in [5.41, 5.74) is -0.464. The fraction of sp³-hybridized carbons (Fsp3) is 0.842. The minimum atomic E-state index is -0.464. The van der Waals surface area contributed by atoms with Gasteiger partial charge in [0.2, 0.25) is 5.91 Å². The molecule has 2 amide bonds. The average Bonchev–Trinajstić information content (AvgIpc) is 2.58. The molecule has 142 valence electrons. The SMILES string of the molecule is CC(C)(C)OC(=O)N1CCC(CCC(=O)N2CCC[C@@H](C=O)C2)CC1. The molecule has 2 saturated heterocycles. The van der Waals surface area contributed by atoms with Crippen molar-refractivity contribution < 1.29 is 19.1 Å². The Morgan fingerprint density at radius 3 is 2.36 bits per heavy atom. The number of aldehydes is 1. The molecule has 0 aromatic carbocycles. The van der Waals surface area contributed by atoms with Crippen LogP contribution in [0.2, 0.25) is 0 Å². The molecule has 0 saturated carbocycles. The minimum absolute atomic E-state index is 0.00904. The fourth-order valence-corrected chi connectivity index (χ4v) is 3.56. The maximum Gasteiger partial charge on any atom is 0.410 e. The summed E-state index contributed by atoms with van der Waals surface area (Å²) >= 11 is 0. The zero-order valence-electron chi connectivity index (χ0n) is 15.8. The molecule has 0 spiro atoms. The van der Waals surface area contributed by atoms with Crippen LogP contribution in [0.15, 0.2) is 0 Å². The second kappa shape index (κ2) is 8.68. The van der Waals surface area contributed by atoms with Gasteiger partial charge in [-0.15, -0.1) is 0 Å². The van der Waals surface area contributed by atoms with Crippen LogP contribution in [-0.2, 0) is 14.3 Å². The van der Waals surface area contributed by atoms with Crippen LogP contribution in [0.5, 0.6) is 0 Å². The van der Waals surface area contributed by atoms with E-state index in [1.54, 1.807) is 4.90 Å². The van der Waals surface area contributed by atoms with Crippen LogP contribution in [0.3, 0.4) is 0 Å². The van der Waals surface area contributed by atoms with Gasteiger partial charge in [0.15, 0.2) is 0 Å². The van der Waals surface area contributed by atoms with Crippen molar-refractivity contribution in [1.82, 2.24) is 9.80 Å². The summed E-state index contributed by atoms with van der Waals surface area (Å²) in [5, 5.41) is 0. The van der Waals surface area contributed by atoms with Gasteiger partial charge in [0.05, 0.1) is 0 Å². The highest BCUT2D eigenvalue weighted by molar-refractivity contribution is 5.76. The summed E-state index contributed by atoms with van der Waals surface area (Å²) in [4.78, 5) is 39.0. The number of rotatable bonds is 4. The zero-order valence-corrected chi connectivity index (χ0v) is 15.8. The normalized spacial score (nSPS) is 22.6. The van der Waals surface area contributed by atoms with E-state index in [-0.39, 0.29) is 17.9 Å². The Balaban J connectivity index is 1.69. The molecule has 2 heterocycles. The molecular weight excluding hydrogens is 320 g/mol. The number of nitrogens with zero attached hydrogens (tertiary/aromatic N) is 2. The number of carbonyl (C=O) groups excluding carboxylic acids is 3. The van der Waals surface area contributed by atoms with Gasteiger partial charge in [-0.05, 0) is 58.8 Å². The van der Waals surface area contributed by atoms with E-state index in [1.807, 2.05) is 25.7 Å². The summed E-state index contributed by atoms with van der Waals surface area (Å²) in [6.45, 7) is 8.38. The number of amides is 2. The minimum Gasteiger partial charge on any atom is -0.444 e. The number of carbonyl (C=O) groups is 3. The lowest BCUT2D eigenvalue weighted by Gasteiger charge is -2.34. The van der Waals surface area contributed by atoms with Crippen LogP contribution in [0.4, 0.5) is 4.79 Å². The first-order chi connectivity index (χ1) is 11.8. The average molecular weight is 352 g/mol. The van der Waals surface area contributed by atoms with Crippen molar-refractivity contribution in [2.75, 3.05) is 26.2 Å². The van der Waals surface area contributed by atoms with Crippen molar-refractivity contribution in [2.45, 2.75) is 64.9 Å². The van der Waals surface area contributed by atoms with Crippen molar-refractivity contribution in [1.29, 1.82) is 0 Å². The lowest BCUT2D eigenvalue weighted by Crippen LogP contribution is -2.42. The first kappa shape index (κ1) is 19.7. The van der Waals surface area contributed by atoms with E-state index < -0.39 is 5.60 Å². The van der Waals surface area contributed by atoms with Gasteiger partial charge in [-0.25, -0.2) is 4.79 Å². The summed E-state index contributed by atoms with van der Waals surface area (Å²) in [6.07, 6.45) is 5.81. The quantitative estimate of drug-likeness (QED) is 0.730. The molecule has 0 unspecified atom stereocenters. The molecule has 0 bridgehead atoms. The van der Waals surface area contributed by atoms with Crippen LogP contribution in [-0.4, -0.2) is 59.9 Å². The second-order valence-electron chi connectivity index (χ2n) is 8.33. The molecule has 2 aliphatic rings. The molecule has 2 rings (SSSR count). The van der Waals surface area contributed by atoms with Gasteiger partial charge in [-0.1, -0.05) is 0 Å². The van der Waals surface area contributed by atoms with E-state index in [9.17, 15) is 14.4 Å². The summed E-state index contributed by atoms with van der Waals surface area (Å²) in [5.74, 6) is 0.658. The highest BCUT2D eigenvalue weighted by Crippen LogP contribution is 2.24. The largest absolute Gasteiger partial charge is 0.444 e. The maximum atomic E-state index is 12.4. The van der Waals surface area contributed by atoms with Crippen LogP contribution in [0.25, 0.3) is 0 Å². The number of hydrogen-bond donors (Lipinski definition) is 0. The third-order valence-electron chi connectivity index (χ3n) is 5.04. The maximum absolute atomic E-state index is 12.4. The molecule has 2 fully saturated rings. The fourth-order valence-electron chi connectivity index (χ4n) is 3.56. The van der Waals surface area contributed by atoms with Gasteiger partial charge in [-0.2, -0.15) is 0 Å². The highest BCUT2D eigenvalue weighted by Gasteiger charge is 2.28. The van der Waals surface area contributed by atoms with Gasteiger partial charge < -0.3 is 19.3 Å². The van der Waals surface area contributed by atoms with E-state index >= 15 is 0 Å². The standard InChI is InChI=1S/C19H32N2O4/c1-19(2,3)25-18(24)20-11-8-15(9-12-20)6-7-17(23)21-10-4-5-16(13-21)14-22/h14-16H,4-13H2,1-3H3/t16-/m1/s1. The van der Waals surface area contributed by atoms with Gasteiger partial charge in [0.25, 0.3) is 0 Å². The molecule has 2 aliphatic heterocycles.